The number of aromatic nitrogens is 2. The van der Waals surface area contributed by atoms with E-state index in [-0.39, 0.29) is 0 Å². The number of benzene rings is 1. The molecule has 1 heterocycles. The molecule has 0 radical (unpaired) electrons. The molecule has 0 aliphatic carbocycles. The quantitative estimate of drug-likeness (QED) is 0.101. The van der Waals surface area contributed by atoms with Gasteiger partial charge >= 0.3 is 0 Å². The van der Waals surface area contributed by atoms with Gasteiger partial charge in [-0.2, -0.15) is 0 Å². The Morgan fingerprint density at radius 2 is 1.03 bits per heavy atom. The molecule has 36 heavy (non-hydrogen) atoms. The van der Waals surface area contributed by atoms with Crippen LogP contribution >= 0.6 is 0 Å². The van der Waals surface area contributed by atoms with Gasteiger partial charge in [0.15, 0.2) is 0 Å². The van der Waals surface area contributed by atoms with E-state index < -0.39 is 0 Å². The summed E-state index contributed by atoms with van der Waals surface area (Å²) >= 11 is 0. The van der Waals surface area contributed by atoms with Crippen LogP contribution < -0.4 is 4.57 Å². The fourth-order valence-electron chi connectivity index (χ4n) is 5.45. The van der Waals surface area contributed by atoms with Gasteiger partial charge in [-0.25, -0.2) is 9.13 Å². The average molecular weight is 496 g/mol. The van der Waals surface area contributed by atoms with Crippen LogP contribution in [0, 0.1) is 0 Å². The highest BCUT2D eigenvalue weighted by Crippen LogP contribution is 2.15. The van der Waals surface area contributed by atoms with E-state index in [4.69, 9.17) is 0 Å². The second-order valence-corrected chi connectivity index (χ2v) is 11.1. The molecular weight excluding hydrogens is 436 g/mol. The molecular formula is C34H59N2+. The number of nitrogens with zero attached hydrogens (tertiary/aromatic N) is 2. The first-order chi connectivity index (χ1) is 17.8. The van der Waals surface area contributed by atoms with E-state index in [1.165, 1.54) is 153 Å². The number of imidazole rings is 1. The molecule has 0 N–H and O–H groups in total. The largest absolute Gasteiger partial charge is 0.256 e. The van der Waals surface area contributed by atoms with Gasteiger partial charge in [-0.1, -0.05) is 153 Å². The van der Waals surface area contributed by atoms with Crippen LogP contribution in [-0.4, -0.2) is 4.57 Å². The van der Waals surface area contributed by atoms with Gasteiger partial charge in [-0.05, 0) is 24.8 Å². The Kier molecular flexibility index (Phi) is 18.3. The zero-order valence-electron chi connectivity index (χ0n) is 24.2. The van der Waals surface area contributed by atoms with Crippen LogP contribution in [-0.2, 0) is 19.5 Å². The molecule has 0 unspecified atom stereocenters. The maximum Gasteiger partial charge on any atom is 0.256 e. The summed E-state index contributed by atoms with van der Waals surface area (Å²) < 4.78 is 5.03. The number of rotatable bonds is 24. The van der Waals surface area contributed by atoms with Crippen molar-refractivity contribution in [2.75, 3.05) is 0 Å². The summed E-state index contributed by atoms with van der Waals surface area (Å²) in [4.78, 5) is 0. The summed E-state index contributed by atoms with van der Waals surface area (Å²) in [5.74, 6) is 1.52. The van der Waals surface area contributed by atoms with Gasteiger partial charge in [0.25, 0.3) is 5.82 Å². The minimum Gasteiger partial charge on any atom is -0.234 e. The fraction of sp³-hybridized carbons (Fsp3) is 0.735. The topological polar surface area (TPSA) is 8.81 Å². The summed E-state index contributed by atoms with van der Waals surface area (Å²) in [5, 5.41) is 0. The van der Waals surface area contributed by atoms with E-state index in [1.807, 2.05) is 0 Å². The molecule has 2 heteroatoms. The normalized spacial score (nSPS) is 11.4. The third-order valence-electron chi connectivity index (χ3n) is 7.79. The van der Waals surface area contributed by atoms with Gasteiger partial charge in [0, 0.05) is 6.42 Å². The maximum absolute atomic E-state index is 2.53. The lowest BCUT2D eigenvalue weighted by Gasteiger charge is -2.07. The van der Waals surface area contributed by atoms with Crippen LogP contribution in [0.1, 0.15) is 154 Å². The van der Waals surface area contributed by atoms with Crippen molar-refractivity contribution in [1.82, 2.24) is 4.57 Å². The van der Waals surface area contributed by atoms with E-state index >= 15 is 0 Å². The highest BCUT2D eigenvalue weighted by molar-refractivity contribution is 5.13. The Labute approximate surface area is 224 Å². The highest BCUT2D eigenvalue weighted by atomic mass is 15.1. The van der Waals surface area contributed by atoms with Gasteiger partial charge in [0.1, 0.15) is 18.9 Å². The molecule has 0 aliphatic rings. The first-order valence-electron chi connectivity index (χ1n) is 16.0. The molecule has 1 aromatic carbocycles. The van der Waals surface area contributed by atoms with Crippen molar-refractivity contribution in [2.24, 2.45) is 0 Å². The molecule has 0 amide bonds. The Hall–Kier alpha value is -1.57. The third-order valence-corrected chi connectivity index (χ3v) is 7.79. The lowest BCUT2D eigenvalue weighted by molar-refractivity contribution is -0.695. The summed E-state index contributed by atoms with van der Waals surface area (Å²) in [7, 11) is 0. The average Bonchev–Trinajstić information content (AvgIpc) is 3.27. The van der Waals surface area contributed by atoms with Crippen molar-refractivity contribution in [3.05, 3.63) is 54.1 Å². The van der Waals surface area contributed by atoms with E-state index in [9.17, 15) is 0 Å². The Balaban J connectivity index is 1.53. The molecule has 0 aliphatic heterocycles. The summed E-state index contributed by atoms with van der Waals surface area (Å²) in [6.07, 6.45) is 34.2. The second-order valence-electron chi connectivity index (χ2n) is 11.1. The second kappa shape index (κ2) is 21.5. The molecule has 204 valence electrons. The molecule has 2 rings (SSSR count). The van der Waals surface area contributed by atoms with Crippen LogP contribution in [0.3, 0.4) is 0 Å². The van der Waals surface area contributed by atoms with Crippen LogP contribution in [0.2, 0.25) is 0 Å². The van der Waals surface area contributed by atoms with Gasteiger partial charge < -0.3 is 0 Å². The van der Waals surface area contributed by atoms with Crippen molar-refractivity contribution in [1.29, 1.82) is 0 Å². The third kappa shape index (κ3) is 14.2. The van der Waals surface area contributed by atoms with Crippen molar-refractivity contribution in [3.8, 4) is 0 Å². The SMILES string of the molecule is CCCCCCCCCCCCCCCCCCCc1n(CCCCC)cc[n+]1Cc1ccccc1. The zero-order valence-corrected chi connectivity index (χ0v) is 24.2. The van der Waals surface area contributed by atoms with Gasteiger partial charge in [0.2, 0.25) is 0 Å². The Morgan fingerprint density at radius 1 is 0.556 bits per heavy atom. The maximum atomic E-state index is 2.53. The minimum absolute atomic E-state index is 0.996. The molecule has 0 atom stereocenters. The number of unbranched alkanes of at least 4 members (excludes halogenated alkanes) is 18. The van der Waals surface area contributed by atoms with Crippen molar-refractivity contribution in [3.63, 3.8) is 0 Å². The van der Waals surface area contributed by atoms with Crippen LogP contribution in [0.15, 0.2) is 42.7 Å². The molecule has 0 spiro atoms. The highest BCUT2D eigenvalue weighted by Gasteiger charge is 2.16. The zero-order chi connectivity index (χ0) is 25.5. The predicted molar refractivity (Wildman–Crippen MR) is 158 cm³/mol. The van der Waals surface area contributed by atoms with E-state index in [0.29, 0.717) is 0 Å². The summed E-state index contributed by atoms with van der Waals surface area (Å²) in [6.45, 7) is 6.76. The number of hydrogen-bond donors (Lipinski definition) is 0. The number of aryl methyl sites for hydroxylation is 1. The van der Waals surface area contributed by atoms with Crippen molar-refractivity contribution in [2.45, 2.75) is 162 Å². The molecule has 0 bridgehead atoms. The monoisotopic (exact) mass is 495 g/mol. The smallest absolute Gasteiger partial charge is 0.234 e. The fourth-order valence-corrected chi connectivity index (χ4v) is 5.45. The number of hydrogen-bond acceptors (Lipinski definition) is 0. The van der Waals surface area contributed by atoms with Crippen LogP contribution in [0.25, 0.3) is 0 Å². The standard InChI is InChI=1S/C34H59N2/c1-3-5-7-8-9-10-11-12-13-14-15-16-17-18-19-20-24-28-34-35(29-25-6-4-2)30-31-36(34)32-33-26-22-21-23-27-33/h21-23,26-27,30-31H,3-20,24-25,28-29,32H2,1-2H3/q+1. The van der Waals surface area contributed by atoms with E-state index in [0.717, 1.165) is 6.54 Å². The first-order valence-corrected chi connectivity index (χ1v) is 16.0. The van der Waals surface area contributed by atoms with Crippen LogP contribution in [0.5, 0.6) is 0 Å². The first kappa shape index (κ1) is 30.7. The lowest BCUT2D eigenvalue weighted by atomic mass is 10.0. The lowest BCUT2D eigenvalue weighted by Crippen LogP contribution is -2.37. The van der Waals surface area contributed by atoms with Crippen molar-refractivity contribution < 1.29 is 4.57 Å². The predicted octanol–water partition coefficient (Wildman–Crippen LogP) is 10.2. The molecule has 1 aromatic heterocycles. The molecule has 2 nitrogen and oxygen atoms in total. The molecule has 2 aromatic rings. The van der Waals surface area contributed by atoms with Crippen molar-refractivity contribution >= 4 is 0 Å². The Bertz CT molecular complexity index is 733. The van der Waals surface area contributed by atoms with Gasteiger partial charge in [-0.15, -0.1) is 0 Å². The molecule has 0 saturated carbocycles. The molecule has 0 saturated heterocycles. The minimum atomic E-state index is 0.996. The summed E-state index contributed by atoms with van der Waals surface area (Å²) in [5.41, 5.74) is 1.40. The van der Waals surface area contributed by atoms with Gasteiger partial charge in [0.05, 0.1) is 6.54 Å². The van der Waals surface area contributed by atoms with E-state index in [2.05, 4.69) is 65.7 Å². The summed E-state index contributed by atoms with van der Waals surface area (Å²) in [6, 6.07) is 10.9. The van der Waals surface area contributed by atoms with E-state index in [1.54, 1.807) is 0 Å². The van der Waals surface area contributed by atoms with Crippen LogP contribution in [0.4, 0.5) is 0 Å². The Morgan fingerprint density at radius 3 is 1.56 bits per heavy atom. The van der Waals surface area contributed by atoms with Gasteiger partial charge in [-0.3, -0.25) is 0 Å². The molecule has 0 fully saturated rings.